The van der Waals surface area contributed by atoms with E-state index in [1.807, 2.05) is 0 Å². The first kappa shape index (κ1) is 16.9. The van der Waals surface area contributed by atoms with Gasteiger partial charge in [-0.3, -0.25) is 9.59 Å². The van der Waals surface area contributed by atoms with E-state index in [0.29, 0.717) is 10.7 Å². The van der Waals surface area contributed by atoms with E-state index in [2.05, 4.69) is 10.6 Å². The highest BCUT2D eigenvalue weighted by Gasteiger charge is 2.16. The van der Waals surface area contributed by atoms with Gasteiger partial charge in [-0.05, 0) is 30.3 Å². The van der Waals surface area contributed by atoms with Crippen LogP contribution in [0.1, 0.15) is 0 Å². The zero-order chi connectivity index (χ0) is 16.3. The van der Waals surface area contributed by atoms with Crippen LogP contribution >= 0.6 is 46.4 Å². The third-order valence-electron chi connectivity index (χ3n) is 2.58. The molecule has 2 amide bonds. The Hall–Kier alpha value is -1.46. The summed E-state index contributed by atoms with van der Waals surface area (Å²) in [6.45, 7) is 0. The molecular weight excluding hydrogens is 370 g/mol. The lowest BCUT2D eigenvalue weighted by Gasteiger charge is -2.09. The van der Waals surface area contributed by atoms with Crippen molar-refractivity contribution >= 4 is 69.6 Å². The molecule has 0 spiro atoms. The van der Waals surface area contributed by atoms with Gasteiger partial charge in [-0.15, -0.1) is 0 Å². The fourth-order valence-corrected chi connectivity index (χ4v) is 2.19. The maximum atomic E-state index is 11.8. The Labute approximate surface area is 146 Å². The summed E-state index contributed by atoms with van der Waals surface area (Å²) in [5.41, 5.74) is 0.579. The van der Waals surface area contributed by atoms with Crippen molar-refractivity contribution in [3.63, 3.8) is 0 Å². The average Bonchev–Trinajstić information content (AvgIpc) is 2.47. The van der Waals surface area contributed by atoms with Crippen molar-refractivity contribution in [1.82, 2.24) is 0 Å². The van der Waals surface area contributed by atoms with Crippen LogP contribution in [-0.4, -0.2) is 11.8 Å². The standard InChI is InChI=1S/C14H8Cl4N2O2/c15-8-5-4-7(6-10(8)17)19-13(21)14(22)20-11-3-1-2-9(16)12(11)18/h1-6H,(H,19,21)(H,20,22). The van der Waals surface area contributed by atoms with E-state index in [1.54, 1.807) is 12.1 Å². The minimum Gasteiger partial charge on any atom is -0.318 e. The first-order valence-electron chi connectivity index (χ1n) is 5.90. The third-order valence-corrected chi connectivity index (χ3v) is 4.14. The predicted molar refractivity (Wildman–Crippen MR) is 90.2 cm³/mol. The van der Waals surface area contributed by atoms with Crippen LogP contribution in [0.4, 0.5) is 11.4 Å². The number of rotatable bonds is 2. The minimum atomic E-state index is -0.893. The second kappa shape index (κ2) is 7.20. The summed E-state index contributed by atoms with van der Waals surface area (Å²) < 4.78 is 0. The molecule has 2 aromatic carbocycles. The first-order valence-corrected chi connectivity index (χ1v) is 7.41. The molecule has 0 saturated heterocycles. The Morgan fingerprint density at radius 2 is 1.45 bits per heavy atom. The van der Waals surface area contributed by atoms with E-state index in [9.17, 15) is 9.59 Å². The summed E-state index contributed by atoms with van der Waals surface area (Å²) >= 11 is 23.4. The fraction of sp³-hybridized carbons (Fsp3) is 0. The van der Waals surface area contributed by atoms with Gasteiger partial charge in [0.1, 0.15) is 0 Å². The number of amides is 2. The number of carbonyl (C=O) groups excluding carboxylic acids is 2. The molecule has 0 aliphatic rings. The highest BCUT2D eigenvalue weighted by Crippen LogP contribution is 2.29. The number of benzene rings is 2. The van der Waals surface area contributed by atoms with Gasteiger partial charge < -0.3 is 10.6 Å². The summed E-state index contributed by atoms with van der Waals surface area (Å²) in [6.07, 6.45) is 0. The lowest BCUT2D eigenvalue weighted by Crippen LogP contribution is -2.29. The van der Waals surface area contributed by atoms with Crippen LogP contribution in [0.15, 0.2) is 36.4 Å². The lowest BCUT2D eigenvalue weighted by molar-refractivity contribution is -0.132. The Bertz CT molecular complexity index is 750. The van der Waals surface area contributed by atoms with Crippen molar-refractivity contribution in [2.75, 3.05) is 10.6 Å². The molecule has 0 saturated carbocycles. The number of hydrogen-bond acceptors (Lipinski definition) is 2. The number of carbonyl (C=O) groups is 2. The smallest absolute Gasteiger partial charge is 0.314 e. The van der Waals surface area contributed by atoms with Gasteiger partial charge in [-0.2, -0.15) is 0 Å². The molecule has 0 aliphatic heterocycles. The van der Waals surface area contributed by atoms with Gasteiger partial charge in [0.05, 0.1) is 25.8 Å². The number of halogens is 4. The Balaban J connectivity index is 2.07. The number of hydrogen-bond donors (Lipinski definition) is 2. The molecule has 4 nitrogen and oxygen atoms in total. The first-order chi connectivity index (χ1) is 10.4. The lowest BCUT2D eigenvalue weighted by atomic mass is 10.3. The van der Waals surface area contributed by atoms with Gasteiger partial charge in [0.25, 0.3) is 0 Å². The summed E-state index contributed by atoms with van der Waals surface area (Å²) in [5, 5.41) is 5.79. The van der Waals surface area contributed by atoms with E-state index >= 15 is 0 Å². The molecule has 0 heterocycles. The van der Waals surface area contributed by atoms with E-state index in [0.717, 1.165) is 0 Å². The van der Waals surface area contributed by atoms with Crippen molar-refractivity contribution in [1.29, 1.82) is 0 Å². The molecule has 0 fully saturated rings. The van der Waals surface area contributed by atoms with Gasteiger partial charge in [0, 0.05) is 5.69 Å². The van der Waals surface area contributed by atoms with Gasteiger partial charge in [-0.1, -0.05) is 52.5 Å². The van der Waals surface area contributed by atoms with Crippen molar-refractivity contribution < 1.29 is 9.59 Å². The van der Waals surface area contributed by atoms with Crippen molar-refractivity contribution in [2.24, 2.45) is 0 Å². The Morgan fingerprint density at radius 1 is 0.773 bits per heavy atom. The molecule has 0 bridgehead atoms. The second-order valence-electron chi connectivity index (χ2n) is 4.14. The second-order valence-corrected chi connectivity index (χ2v) is 5.74. The highest BCUT2D eigenvalue weighted by atomic mass is 35.5. The van der Waals surface area contributed by atoms with Gasteiger partial charge >= 0.3 is 11.8 Å². The van der Waals surface area contributed by atoms with Crippen LogP contribution in [0.5, 0.6) is 0 Å². The summed E-state index contributed by atoms with van der Waals surface area (Å²) in [7, 11) is 0. The number of nitrogens with one attached hydrogen (secondary N) is 2. The molecule has 8 heteroatoms. The summed E-state index contributed by atoms with van der Waals surface area (Å²) in [6, 6.07) is 9.15. The van der Waals surface area contributed by atoms with Crippen molar-refractivity contribution in [3.05, 3.63) is 56.5 Å². The van der Waals surface area contributed by atoms with Crippen LogP contribution in [0.3, 0.4) is 0 Å². The molecule has 0 atom stereocenters. The molecule has 0 aromatic heterocycles. The van der Waals surface area contributed by atoms with E-state index in [1.165, 1.54) is 24.3 Å². The molecule has 2 aromatic rings. The van der Waals surface area contributed by atoms with E-state index in [-0.39, 0.29) is 20.8 Å². The zero-order valence-electron chi connectivity index (χ0n) is 10.8. The maximum Gasteiger partial charge on any atom is 0.314 e. The SMILES string of the molecule is O=C(Nc1ccc(Cl)c(Cl)c1)C(=O)Nc1cccc(Cl)c1Cl. The van der Waals surface area contributed by atoms with Crippen LogP contribution in [-0.2, 0) is 9.59 Å². The molecule has 22 heavy (non-hydrogen) atoms. The normalized spacial score (nSPS) is 10.2. The third kappa shape index (κ3) is 4.05. The van der Waals surface area contributed by atoms with E-state index < -0.39 is 11.8 Å². The van der Waals surface area contributed by atoms with Crippen molar-refractivity contribution in [2.45, 2.75) is 0 Å². The molecule has 2 rings (SSSR count). The molecule has 0 unspecified atom stereocenters. The van der Waals surface area contributed by atoms with Crippen LogP contribution in [0, 0.1) is 0 Å². The van der Waals surface area contributed by atoms with Gasteiger partial charge in [0.15, 0.2) is 0 Å². The number of anilines is 2. The van der Waals surface area contributed by atoms with Crippen LogP contribution in [0.2, 0.25) is 20.1 Å². The highest BCUT2D eigenvalue weighted by molar-refractivity contribution is 6.47. The molecule has 114 valence electrons. The van der Waals surface area contributed by atoms with Crippen molar-refractivity contribution in [3.8, 4) is 0 Å². The van der Waals surface area contributed by atoms with Gasteiger partial charge in [0.2, 0.25) is 0 Å². The van der Waals surface area contributed by atoms with Crippen LogP contribution in [0.25, 0.3) is 0 Å². The van der Waals surface area contributed by atoms with Crippen LogP contribution < -0.4 is 10.6 Å². The Morgan fingerprint density at radius 3 is 2.14 bits per heavy atom. The predicted octanol–water partition coefficient (Wildman–Crippen LogP) is 4.88. The minimum absolute atomic E-state index is 0.153. The molecule has 0 aliphatic carbocycles. The van der Waals surface area contributed by atoms with Gasteiger partial charge in [-0.25, -0.2) is 0 Å². The largest absolute Gasteiger partial charge is 0.318 e. The average molecular weight is 378 g/mol. The Kier molecular flexibility index (Phi) is 5.53. The maximum absolute atomic E-state index is 11.8. The molecule has 2 N–H and O–H groups in total. The molecular formula is C14H8Cl4N2O2. The summed E-state index contributed by atoms with van der Waals surface area (Å²) in [4.78, 5) is 23.7. The fourth-order valence-electron chi connectivity index (χ4n) is 1.54. The molecule has 0 radical (unpaired) electrons. The quantitative estimate of drug-likeness (QED) is 0.733. The topological polar surface area (TPSA) is 58.2 Å². The van der Waals surface area contributed by atoms with E-state index in [4.69, 9.17) is 46.4 Å². The monoisotopic (exact) mass is 376 g/mol. The summed E-state index contributed by atoms with van der Waals surface area (Å²) in [5.74, 6) is -1.77. The zero-order valence-corrected chi connectivity index (χ0v) is 13.8.